The van der Waals surface area contributed by atoms with Gasteiger partial charge >= 0.3 is 0 Å². The van der Waals surface area contributed by atoms with Gasteiger partial charge in [0.25, 0.3) is 0 Å². The fourth-order valence-electron chi connectivity index (χ4n) is 8.88. The Labute approximate surface area is 313 Å². The second-order valence-electron chi connectivity index (χ2n) is 14.9. The van der Waals surface area contributed by atoms with Gasteiger partial charge in [0.1, 0.15) is 36.6 Å². The van der Waals surface area contributed by atoms with Crippen LogP contribution < -0.4 is 9.47 Å². The number of benzene rings is 2. The zero-order valence-corrected chi connectivity index (χ0v) is 31.4. The van der Waals surface area contributed by atoms with Crippen LogP contribution in [0, 0.1) is 29.5 Å². The van der Waals surface area contributed by atoms with E-state index >= 15 is 0 Å². The summed E-state index contributed by atoms with van der Waals surface area (Å²) in [5.74, 6) is -0.460. The van der Waals surface area contributed by atoms with E-state index in [-0.39, 0.29) is 67.7 Å². The molecule has 10 heteroatoms. The number of aliphatic hydroxyl groups excluding tert-OH is 2. The van der Waals surface area contributed by atoms with Crippen molar-refractivity contribution in [3.8, 4) is 11.5 Å². The molecule has 2 aromatic carbocycles. The molecule has 2 fully saturated rings. The van der Waals surface area contributed by atoms with Gasteiger partial charge in [0, 0.05) is 49.1 Å². The van der Waals surface area contributed by atoms with Gasteiger partial charge in [-0.15, -0.1) is 6.58 Å². The van der Waals surface area contributed by atoms with Gasteiger partial charge in [-0.05, 0) is 93.5 Å². The normalized spacial score (nSPS) is 26.5. The van der Waals surface area contributed by atoms with Crippen LogP contribution >= 0.6 is 0 Å². The number of unbranched alkanes of at least 4 members (excludes halogenated alkanes) is 2. The summed E-state index contributed by atoms with van der Waals surface area (Å²) < 4.78 is 35.1. The summed E-state index contributed by atoms with van der Waals surface area (Å²) in [5.41, 5.74) is 3.25. The Hall–Kier alpha value is -3.73. The van der Waals surface area contributed by atoms with Crippen molar-refractivity contribution in [2.75, 3.05) is 33.0 Å². The molecule has 1 amide bonds. The van der Waals surface area contributed by atoms with Crippen LogP contribution in [0.2, 0.25) is 0 Å². The number of ether oxygens (including phenoxy) is 3. The van der Waals surface area contributed by atoms with E-state index in [4.69, 9.17) is 24.2 Å². The molecule has 0 unspecified atom stereocenters. The lowest BCUT2D eigenvalue weighted by Crippen LogP contribution is -2.70. The standard InChI is InChI=1S/C43H57FN2O7/c1-4-21-46(42(49)29-17-18-29)39-27-37(45-52-6-3)34-25-30(13-9-11-22-47)33(15-10-12-23-48)40-35-26-32(50-28-31-14-7-8-16-36(31)44)19-20-38(35)53-43(39,41(34)40)51-24-5-2/h5,7-8,14,16,19-20,25-26,29-30,33,39-41,47-48H,2,4,6,9-13,15,17-18,21-24,27-28H2,1,3H3/t30-,33+,39-,40+,41+,43+/m0/s1. The minimum absolute atomic E-state index is 0.00320. The molecule has 9 nitrogen and oxygen atoms in total. The third-order valence-electron chi connectivity index (χ3n) is 11.4. The van der Waals surface area contributed by atoms with Crippen LogP contribution in [0.15, 0.2) is 71.9 Å². The molecule has 288 valence electrons. The lowest BCUT2D eigenvalue weighted by atomic mass is 9.55. The summed E-state index contributed by atoms with van der Waals surface area (Å²) in [4.78, 5) is 22.0. The fraction of sp³-hybridized carbons (Fsp3) is 0.581. The second kappa shape index (κ2) is 18.1. The van der Waals surface area contributed by atoms with Gasteiger partial charge in [0.15, 0.2) is 0 Å². The number of allylic oxidation sites excluding steroid dienone is 1. The van der Waals surface area contributed by atoms with E-state index in [1.807, 2.05) is 30.0 Å². The highest BCUT2D eigenvalue weighted by Crippen LogP contribution is 2.62. The largest absolute Gasteiger partial charge is 0.489 e. The van der Waals surface area contributed by atoms with E-state index < -0.39 is 11.8 Å². The summed E-state index contributed by atoms with van der Waals surface area (Å²) in [7, 11) is 0. The quantitative estimate of drug-likeness (QED) is 0.0816. The first-order valence-corrected chi connectivity index (χ1v) is 19.8. The molecule has 53 heavy (non-hydrogen) atoms. The average Bonchev–Trinajstić information content (AvgIpc) is 4.02. The van der Waals surface area contributed by atoms with E-state index in [1.165, 1.54) is 6.07 Å². The Morgan fingerprint density at radius 2 is 1.87 bits per heavy atom. The maximum atomic E-state index is 14.6. The summed E-state index contributed by atoms with van der Waals surface area (Å²) in [6.07, 6.45) is 11.8. The monoisotopic (exact) mass is 732 g/mol. The smallest absolute Gasteiger partial charge is 0.239 e. The number of rotatable bonds is 20. The van der Waals surface area contributed by atoms with Crippen molar-refractivity contribution in [3.05, 3.63) is 83.7 Å². The zero-order valence-electron chi connectivity index (χ0n) is 31.4. The molecule has 2 aromatic rings. The molecule has 0 bridgehead atoms. The number of aliphatic hydroxyl groups is 2. The fourth-order valence-corrected chi connectivity index (χ4v) is 8.88. The number of nitrogens with zero attached hydrogens (tertiary/aromatic N) is 2. The first-order chi connectivity index (χ1) is 25.9. The topological polar surface area (TPSA) is 110 Å². The third kappa shape index (κ3) is 8.35. The van der Waals surface area contributed by atoms with Crippen LogP contribution in [0.25, 0.3) is 0 Å². The number of hydrogen-bond acceptors (Lipinski definition) is 8. The maximum absolute atomic E-state index is 14.6. The van der Waals surface area contributed by atoms with Gasteiger partial charge in [0.05, 0.1) is 18.2 Å². The number of amides is 1. The number of carbonyl (C=O) groups excluding carboxylic acids is 1. The summed E-state index contributed by atoms with van der Waals surface area (Å²) in [6.45, 7) is 9.50. The predicted molar refractivity (Wildman–Crippen MR) is 202 cm³/mol. The molecular weight excluding hydrogens is 675 g/mol. The molecule has 6 rings (SSSR count). The zero-order chi connectivity index (χ0) is 37.4. The Morgan fingerprint density at radius 3 is 2.57 bits per heavy atom. The van der Waals surface area contributed by atoms with Crippen molar-refractivity contribution in [1.29, 1.82) is 0 Å². The van der Waals surface area contributed by atoms with Crippen LogP contribution in [-0.4, -0.2) is 71.5 Å². The van der Waals surface area contributed by atoms with Gasteiger partial charge in [-0.3, -0.25) is 4.79 Å². The highest BCUT2D eigenvalue weighted by Gasteiger charge is 2.65. The Kier molecular flexibility index (Phi) is 13.3. The lowest BCUT2D eigenvalue weighted by Gasteiger charge is -2.60. The first kappa shape index (κ1) is 39.0. The summed E-state index contributed by atoms with van der Waals surface area (Å²) in [5, 5.41) is 24.4. The van der Waals surface area contributed by atoms with Crippen LogP contribution in [0.3, 0.4) is 0 Å². The van der Waals surface area contributed by atoms with E-state index in [2.05, 4.69) is 19.6 Å². The van der Waals surface area contributed by atoms with Crippen molar-refractivity contribution >= 4 is 11.6 Å². The van der Waals surface area contributed by atoms with Gasteiger partial charge in [-0.1, -0.05) is 55.3 Å². The number of halogens is 1. The Bertz CT molecular complexity index is 1630. The predicted octanol–water partition coefficient (Wildman–Crippen LogP) is 7.71. The van der Waals surface area contributed by atoms with Crippen molar-refractivity contribution in [2.45, 2.75) is 102 Å². The van der Waals surface area contributed by atoms with Crippen molar-refractivity contribution in [1.82, 2.24) is 4.90 Å². The Balaban J connectivity index is 1.55. The third-order valence-corrected chi connectivity index (χ3v) is 11.4. The molecule has 2 N–H and O–H groups in total. The minimum Gasteiger partial charge on any atom is -0.489 e. The van der Waals surface area contributed by atoms with Gasteiger partial charge in [-0.2, -0.15) is 0 Å². The van der Waals surface area contributed by atoms with Gasteiger partial charge in [-0.25, -0.2) is 4.39 Å². The van der Waals surface area contributed by atoms with Crippen LogP contribution in [0.4, 0.5) is 4.39 Å². The number of oxime groups is 1. The SMILES string of the molecule is C=CCO[C@@]12Oc3ccc(OCc4ccccc4F)cc3[C@H]3[C@H](CCCCO)[C@@H](CCCCO)C=C(C(=NOCC)C[C@@H]1N(CCC)C(=O)C1CC1)[C@H]32. The maximum Gasteiger partial charge on any atom is 0.239 e. The summed E-state index contributed by atoms with van der Waals surface area (Å²) >= 11 is 0. The Morgan fingerprint density at radius 1 is 1.09 bits per heavy atom. The molecule has 4 aliphatic rings. The molecule has 0 spiro atoms. The van der Waals surface area contributed by atoms with Crippen molar-refractivity contribution in [2.24, 2.45) is 28.8 Å². The first-order valence-electron chi connectivity index (χ1n) is 19.8. The number of carbonyl (C=O) groups is 1. The molecule has 2 saturated carbocycles. The lowest BCUT2D eigenvalue weighted by molar-refractivity contribution is -0.257. The second-order valence-corrected chi connectivity index (χ2v) is 14.9. The average molecular weight is 733 g/mol. The van der Waals surface area contributed by atoms with Crippen LogP contribution in [0.5, 0.6) is 11.5 Å². The molecule has 1 aliphatic heterocycles. The molecule has 0 saturated heterocycles. The molecule has 6 atom stereocenters. The van der Waals surface area contributed by atoms with Crippen LogP contribution in [0.1, 0.15) is 95.1 Å². The van der Waals surface area contributed by atoms with Gasteiger partial charge < -0.3 is 34.2 Å². The van der Waals surface area contributed by atoms with Crippen LogP contribution in [-0.2, 0) is 21.0 Å². The molecular formula is C43H57FN2O7. The summed E-state index contributed by atoms with van der Waals surface area (Å²) in [6, 6.07) is 12.0. The number of hydrogen-bond donors (Lipinski definition) is 2. The molecule has 0 radical (unpaired) electrons. The van der Waals surface area contributed by atoms with E-state index in [1.54, 1.807) is 24.3 Å². The van der Waals surface area contributed by atoms with E-state index in [9.17, 15) is 19.4 Å². The highest BCUT2D eigenvalue weighted by atomic mass is 19.1. The van der Waals surface area contributed by atoms with Gasteiger partial charge in [0.2, 0.25) is 11.7 Å². The van der Waals surface area contributed by atoms with E-state index in [0.29, 0.717) is 49.5 Å². The van der Waals surface area contributed by atoms with E-state index in [0.717, 1.165) is 61.8 Å². The molecule has 1 heterocycles. The molecule has 0 aromatic heterocycles. The molecule has 3 aliphatic carbocycles. The van der Waals surface area contributed by atoms with Crippen molar-refractivity contribution in [3.63, 3.8) is 0 Å². The minimum atomic E-state index is -1.26. The van der Waals surface area contributed by atoms with Crippen molar-refractivity contribution < 1.29 is 38.4 Å². The number of fused-ring (bicyclic) bond motifs is 2. The highest BCUT2D eigenvalue weighted by molar-refractivity contribution is 6.03.